The number of furan rings is 1. The van der Waals surface area contributed by atoms with Crippen molar-refractivity contribution in [2.75, 3.05) is 20.1 Å². The van der Waals surface area contributed by atoms with Crippen LogP contribution in [-0.2, 0) is 0 Å². The van der Waals surface area contributed by atoms with Crippen molar-refractivity contribution in [2.45, 2.75) is 19.3 Å². The number of fused-ring (bicyclic) bond motifs is 1. The summed E-state index contributed by atoms with van der Waals surface area (Å²) in [7, 11) is 2.20. The zero-order valence-electron chi connectivity index (χ0n) is 10.5. The maximum atomic E-state index is 5.99. The summed E-state index contributed by atoms with van der Waals surface area (Å²) in [5.74, 6) is 2.43. The standard InChI is InChI=1S/C15H19NO/c1-11-10-16(2)8-7-13(11)15-9-12-5-3-4-6-14(12)17-15/h3-6,9,11,13H,7-8,10H2,1-2H3. The zero-order valence-corrected chi connectivity index (χ0v) is 10.5. The first-order valence-corrected chi connectivity index (χ1v) is 6.41. The number of likely N-dealkylation sites (tertiary alicyclic amines) is 1. The van der Waals surface area contributed by atoms with E-state index in [-0.39, 0.29) is 0 Å². The molecule has 2 unspecified atom stereocenters. The van der Waals surface area contributed by atoms with E-state index in [1.165, 1.54) is 30.7 Å². The average molecular weight is 229 g/mol. The Hall–Kier alpha value is -1.28. The van der Waals surface area contributed by atoms with Gasteiger partial charge < -0.3 is 9.32 Å². The van der Waals surface area contributed by atoms with Gasteiger partial charge in [-0.25, -0.2) is 0 Å². The number of piperidine rings is 1. The van der Waals surface area contributed by atoms with Crippen LogP contribution in [0.3, 0.4) is 0 Å². The molecule has 1 aliphatic heterocycles. The molecule has 2 aromatic rings. The number of benzene rings is 1. The van der Waals surface area contributed by atoms with Crippen LogP contribution < -0.4 is 0 Å². The van der Waals surface area contributed by atoms with Crippen molar-refractivity contribution < 1.29 is 4.42 Å². The van der Waals surface area contributed by atoms with Crippen molar-refractivity contribution in [1.29, 1.82) is 0 Å². The molecule has 90 valence electrons. The Morgan fingerprint density at radius 2 is 2.12 bits per heavy atom. The first-order valence-electron chi connectivity index (χ1n) is 6.41. The van der Waals surface area contributed by atoms with E-state index in [9.17, 15) is 0 Å². The lowest BCUT2D eigenvalue weighted by atomic mass is 9.85. The lowest BCUT2D eigenvalue weighted by molar-refractivity contribution is 0.183. The fraction of sp³-hybridized carbons (Fsp3) is 0.467. The minimum atomic E-state index is 0.582. The van der Waals surface area contributed by atoms with Crippen molar-refractivity contribution in [2.24, 2.45) is 5.92 Å². The molecule has 3 rings (SSSR count). The summed E-state index contributed by atoms with van der Waals surface area (Å²) in [5, 5.41) is 1.23. The number of hydrogen-bond acceptors (Lipinski definition) is 2. The van der Waals surface area contributed by atoms with Crippen LogP contribution in [0.15, 0.2) is 34.7 Å². The van der Waals surface area contributed by atoms with Crippen molar-refractivity contribution >= 4 is 11.0 Å². The number of para-hydroxylation sites is 1. The van der Waals surface area contributed by atoms with E-state index in [0.29, 0.717) is 11.8 Å². The van der Waals surface area contributed by atoms with Crippen molar-refractivity contribution in [3.8, 4) is 0 Å². The Bertz CT molecular complexity index is 483. The van der Waals surface area contributed by atoms with Gasteiger partial charge >= 0.3 is 0 Å². The van der Waals surface area contributed by atoms with Crippen LogP contribution in [0, 0.1) is 5.92 Å². The Kier molecular flexibility index (Phi) is 2.67. The highest BCUT2D eigenvalue weighted by atomic mass is 16.3. The lowest BCUT2D eigenvalue weighted by Crippen LogP contribution is -2.35. The fourth-order valence-corrected chi connectivity index (χ4v) is 2.96. The summed E-state index contributed by atoms with van der Waals surface area (Å²) in [6.07, 6.45) is 1.21. The van der Waals surface area contributed by atoms with Crippen LogP contribution in [0.2, 0.25) is 0 Å². The van der Waals surface area contributed by atoms with Gasteiger partial charge in [0.2, 0.25) is 0 Å². The van der Waals surface area contributed by atoms with Gasteiger partial charge in [0.1, 0.15) is 11.3 Å². The molecule has 1 fully saturated rings. The van der Waals surface area contributed by atoms with E-state index in [0.717, 1.165) is 5.58 Å². The molecule has 2 atom stereocenters. The predicted octanol–water partition coefficient (Wildman–Crippen LogP) is 3.49. The summed E-state index contributed by atoms with van der Waals surface area (Å²) in [5.41, 5.74) is 1.02. The van der Waals surface area contributed by atoms with Crippen LogP contribution in [0.1, 0.15) is 25.0 Å². The molecule has 17 heavy (non-hydrogen) atoms. The van der Waals surface area contributed by atoms with Crippen LogP contribution in [0.5, 0.6) is 0 Å². The first kappa shape index (κ1) is 10.8. The molecule has 2 heteroatoms. The minimum Gasteiger partial charge on any atom is -0.461 e. The Morgan fingerprint density at radius 1 is 1.29 bits per heavy atom. The van der Waals surface area contributed by atoms with Crippen molar-refractivity contribution in [3.05, 3.63) is 36.1 Å². The van der Waals surface area contributed by atoms with Crippen molar-refractivity contribution in [1.82, 2.24) is 4.90 Å². The summed E-state index contributed by atoms with van der Waals surface area (Å²) in [4.78, 5) is 2.41. The monoisotopic (exact) mass is 229 g/mol. The van der Waals surface area contributed by atoms with Crippen LogP contribution in [0.25, 0.3) is 11.0 Å². The molecule has 0 radical (unpaired) electrons. The summed E-state index contributed by atoms with van der Waals surface area (Å²) in [6.45, 7) is 4.67. The minimum absolute atomic E-state index is 0.582. The van der Waals surface area contributed by atoms with Crippen LogP contribution in [0.4, 0.5) is 0 Å². The molecule has 0 saturated carbocycles. The fourth-order valence-electron chi connectivity index (χ4n) is 2.96. The van der Waals surface area contributed by atoms with E-state index >= 15 is 0 Å². The first-order chi connectivity index (χ1) is 8.24. The summed E-state index contributed by atoms with van der Waals surface area (Å²) >= 11 is 0. The molecule has 0 aliphatic carbocycles. The van der Waals surface area contributed by atoms with Gasteiger partial charge in [-0.05, 0) is 38.1 Å². The van der Waals surface area contributed by atoms with Gasteiger partial charge in [0, 0.05) is 17.8 Å². The Labute approximate surface area is 102 Å². The number of hydrogen-bond donors (Lipinski definition) is 0. The number of nitrogens with zero attached hydrogens (tertiary/aromatic N) is 1. The maximum absolute atomic E-state index is 5.99. The van der Waals surface area contributed by atoms with Gasteiger partial charge in [-0.2, -0.15) is 0 Å². The quantitative estimate of drug-likeness (QED) is 0.744. The molecule has 2 nitrogen and oxygen atoms in total. The van der Waals surface area contributed by atoms with Gasteiger partial charge in [-0.3, -0.25) is 0 Å². The Balaban J connectivity index is 1.93. The maximum Gasteiger partial charge on any atom is 0.134 e. The molecule has 0 spiro atoms. The molecule has 1 aromatic heterocycles. The molecule has 0 N–H and O–H groups in total. The predicted molar refractivity (Wildman–Crippen MR) is 70.2 cm³/mol. The normalized spacial score (nSPS) is 26.5. The largest absolute Gasteiger partial charge is 0.461 e. The van der Waals surface area contributed by atoms with E-state index in [1.54, 1.807) is 0 Å². The molecule has 2 heterocycles. The van der Waals surface area contributed by atoms with E-state index < -0.39 is 0 Å². The molecule has 1 saturated heterocycles. The SMILES string of the molecule is CC1CN(C)CCC1c1cc2ccccc2o1. The van der Waals surface area contributed by atoms with E-state index in [1.807, 2.05) is 6.07 Å². The number of rotatable bonds is 1. The molecule has 1 aliphatic rings. The van der Waals surface area contributed by atoms with E-state index in [4.69, 9.17) is 4.42 Å². The van der Waals surface area contributed by atoms with Crippen LogP contribution >= 0.6 is 0 Å². The van der Waals surface area contributed by atoms with E-state index in [2.05, 4.69) is 43.1 Å². The highest BCUT2D eigenvalue weighted by Crippen LogP contribution is 2.35. The average Bonchev–Trinajstić information content (AvgIpc) is 2.72. The third-order valence-electron chi connectivity index (χ3n) is 3.92. The summed E-state index contributed by atoms with van der Waals surface area (Å²) in [6, 6.07) is 10.5. The smallest absolute Gasteiger partial charge is 0.134 e. The second kappa shape index (κ2) is 4.19. The zero-order chi connectivity index (χ0) is 11.8. The third kappa shape index (κ3) is 1.98. The molecule has 0 amide bonds. The lowest BCUT2D eigenvalue weighted by Gasteiger charge is -2.33. The molecule has 1 aromatic carbocycles. The van der Waals surface area contributed by atoms with Crippen molar-refractivity contribution in [3.63, 3.8) is 0 Å². The topological polar surface area (TPSA) is 16.4 Å². The highest BCUT2D eigenvalue weighted by Gasteiger charge is 2.27. The van der Waals surface area contributed by atoms with Gasteiger partial charge in [-0.15, -0.1) is 0 Å². The second-order valence-electron chi connectivity index (χ2n) is 5.32. The van der Waals surface area contributed by atoms with Gasteiger partial charge in [-0.1, -0.05) is 25.1 Å². The van der Waals surface area contributed by atoms with Gasteiger partial charge in [0.05, 0.1) is 0 Å². The van der Waals surface area contributed by atoms with Crippen LogP contribution in [-0.4, -0.2) is 25.0 Å². The Morgan fingerprint density at radius 3 is 2.88 bits per heavy atom. The summed E-state index contributed by atoms with van der Waals surface area (Å²) < 4.78 is 5.99. The molecule has 0 bridgehead atoms. The third-order valence-corrected chi connectivity index (χ3v) is 3.92. The highest BCUT2D eigenvalue weighted by molar-refractivity contribution is 5.77. The molecular weight excluding hydrogens is 210 g/mol. The van der Waals surface area contributed by atoms with Gasteiger partial charge in [0.25, 0.3) is 0 Å². The molecular formula is C15H19NO. The van der Waals surface area contributed by atoms with Gasteiger partial charge in [0.15, 0.2) is 0 Å². The second-order valence-corrected chi connectivity index (χ2v) is 5.32.